The number of thioether (sulfide) groups is 1. The fourth-order valence-corrected chi connectivity index (χ4v) is 3.29. The molecule has 4 unspecified atom stereocenters. The molecule has 3 amide bonds. The van der Waals surface area contributed by atoms with E-state index in [9.17, 15) is 29.1 Å². The Morgan fingerprint density at radius 3 is 1.84 bits per heavy atom. The van der Waals surface area contributed by atoms with Crippen LogP contribution in [0.4, 0.5) is 0 Å². The molecule has 0 aliphatic heterocycles. The zero-order valence-corrected chi connectivity index (χ0v) is 20.0. The van der Waals surface area contributed by atoms with Gasteiger partial charge in [0.1, 0.15) is 18.1 Å². The van der Waals surface area contributed by atoms with Crippen LogP contribution >= 0.6 is 11.8 Å². The third kappa shape index (κ3) is 11.3. The van der Waals surface area contributed by atoms with Crippen molar-refractivity contribution in [1.29, 1.82) is 0 Å². The Morgan fingerprint density at radius 1 is 0.875 bits per heavy atom. The van der Waals surface area contributed by atoms with Crippen molar-refractivity contribution >= 4 is 41.4 Å². The third-order valence-corrected chi connectivity index (χ3v) is 5.19. The molecule has 7 N–H and O–H groups in total. The van der Waals surface area contributed by atoms with Crippen LogP contribution in [-0.4, -0.2) is 76.0 Å². The highest BCUT2D eigenvalue weighted by molar-refractivity contribution is 7.98. The molecule has 0 rings (SSSR count). The van der Waals surface area contributed by atoms with Crippen molar-refractivity contribution in [2.45, 2.75) is 71.1 Å². The molecule has 0 aromatic carbocycles. The van der Waals surface area contributed by atoms with Crippen LogP contribution in [0.25, 0.3) is 0 Å². The number of hydrogen-bond donors (Lipinski definition) is 6. The van der Waals surface area contributed by atoms with Gasteiger partial charge in [0.2, 0.25) is 17.7 Å². The van der Waals surface area contributed by atoms with Crippen molar-refractivity contribution in [2.75, 3.05) is 12.0 Å². The Bertz CT molecular complexity index is 672. The lowest BCUT2D eigenvalue weighted by molar-refractivity contribution is -0.144. The number of carbonyl (C=O) groups is 5. The molecule has 11 nitrogen and oxygen atoms in total. The maximum absolute atomic E-state index is 12.8. The number of nitrogens with one attached hydrogen (secondary N) is 3. The fourth-order valence-electron chi connectivity index (χ4n) is 2.82. The maximum Gasteiger partial charge on any atom is 0.326 e. The summed E-state index contributed by atoms with van der Waals surface area (Å²) in [7, 11) is 0. The summed E-state index contributed by atoms with van der Waals surface area (Å²) in [6.45, 7) is 6.97. The number of amides is 3. The van der Waals surface area contributed by atoms with Gasteiger partial charge in [0.25, 0.3) is 0 Å². The molecule has 0 spiro atoms. The van der Waals surface area contributed by atoms with E-state index in [1.54, 1.807) is 13.8 Å². The smallest absolute Gasteiger partial charge is 0.326 e. The first-order valence-electron chi connectivity index (χ1n) is 10.4. The van der Waals surface area contributed by atoms with E-state index in [0.29, 0.717) is 12.2 Å². The lowest BCUT2D eigenvalue weighted by Crippen LogP contribution is -2.58. The van der Waals surface area contributed by atoms with Crippen LogP contribution in [0.3, 0.4) is 0 Å². The van der Waals surface area contributed by atoms with Crippen molar-refractivity contribution in [3.8, 4) is 0 Å². The van der Waals surface area contributed by atoms with Crippen LogP contribution < -0.4 is 21.7 Å². The fraction of sp³-hybridized carbons (Fsp3) is 0.750. The minimum atomic E-state index is -1.52. The standard InChI is InChI=1S/C20H36N4O7S/c1-10(2)8-12(21)17(27)22-13(6-7-32-5)18(28)23-14(9-15(25)26)19(29)24-16(11(3)4)20(30)31/h10-14,16H,6-9,21H2,1-5H3,(H,22,27)(H,23,28)(H,24,29)(H,25,26)(H,30,31). The van der Waals surface area contributed by atoms with E-state index in [1.165, 1.54) is 11.8 Å². The van der Waals surface area contributed by atoms with Crippen LogP contribution in [0.1, 0.15) is 47.0 Å². The molecular weight excluding hydrogens is 440 g/mol. The number of hydrogen-bond acceptors (Lipinski definition) is 7. The van der Waals surface area contributed by atoms with Crippen LogP contribution in [0, 0.1) is 11.8 Å². The van der Waals surface area contributed by atoms with Gasteiger partial charge in [0.15, 0.2) is 0 Å². The highest BCUT2D eigenvalue weighted by atomic mass is 32.2. The first-order valence-corrected chi connectivity index (χ1v) is 11.8. The summed E-state index contributed by atoms with van der Waals surface area (Å²) in [6, 6.07) is -4.62. The average Bonchev–Trinajstić information content (AvgIpc) is 2.66. The van der Waals surface area contributed by atoms with Gasteiger partial charge in [-0.3, -0.25) is 19.2 Å². The molecule has 0 heterocycles. The topological polar surface area (TPSA) is 188 Å². The quantitative estimate of drug-likeness (QED) is 0.186. The van der Waals surface area contributed by atoms with Gasteiger partial charge in [-0.2, -0.15) is 11.8 Å². The SMILES string of the molecule is CSCCC(NC(=O)C(N)CC(C)C)C(=O)NC(CC(=O)O)C(=O)NC(C(=O)O)C(C)C. The highest BCUT2D eigenvalue weighted by Crippen LogP contribution is 2.07. The molecule has 0 saturated heterocycles. The van der Waals surface area contributed by atoms with Gasteiger partial charge >= 0.3 is 11.9 Å². The minimum absolute atomic E-state index is 0.168. The summed E-state index contributed by atoms with van der Waals surface area (Å²) in [6.07, 6.45) is 1.72. The second kappa shape index (κ2) is 14.7. The van der Waals surface area contributed by atoms with Gasteiger partial charge in [-0.1, -0.05) is 27.7 Å². The zero-order chi connectivity index (χ0) is 25.0. The molecule has 12 heteroatoms. The van der Waals surface area contributed by atoms with E-state index in [2.05, 4.69) is 16.0 Å². The zero-order valence-electron chi connectivity index (χ0n) is 19.2. The van der Waals surface area contributed by atoms with Gasteiger partial charge in [0, 0.05) is 0 Å². The predicted molar refractivity (Wildman–Crippen MR) is 121 cm³/mol. The molecule has 4 atom stereocenters. The molecule has 32 heavy (non-hydrogen) atoms. The monoisotopic (exact) mass is 476 g/mol. The van der Waals surface area contributed by atoms with Gasteiger partial charge < -0.3 is 31.9 Å². The molecule has 184 valence electrons. The molecule has 0 aromatic heterocycles. The van der Waals surface area contributed by atoms with Crippen molar-refractivity contribution in [3.05, 3.63) is 0 Å². The maximum atomic E-state index is 12.8. The number of carboxylic acids is 2. The first-order chi connectivity index (χ1) is 14.8. The van der Waals surface area contributed by atoms with Crippen molar-refractivity contribution in [1.82, 2.24) is 16.0 Å². The van der Waals surface area contributed by atoms with E-state index < -0.39 is 66.2 Å². The lowest BCUT2D eigenvalue weighted by atomic mass is 10.0. The molecule has 0 saturated carbocycles. The molecule has 0 bridgehead atoms. The Morgan fingerprint density at radius 2 is 1.41 bits per heavy atom. The van der Waals surface area contributed by atoms with E-state index in [4.69, 9.17) is 10.8 Å². The highest BCUT2D eigenvalue weighted by Gasteiger charge is 2.32. The summed E-state index contributed by atoms with van der Waals surface area (Å²) < 4.78 is 0. The molecular formula is C20H36N4O7S. The molecule has 0 aromatic rings. The average molecular weight is 477 g/mol. The van der Waals surface area contributed by atoms with Gasteiger partial charge in [-0.25, -0.2) is 4.79 Å². The normalized spacial score (nSPS) is 14.9. The Kier molecular flexibility index (Phi) is 13.6. The van der Waals surface area contributed by atoms with Crippen LogP contribution in [0.15, 0.2) is 0 Å². The molecule has 0 fully saturated rings. The summed E-state index contributed by atoms with van der Waals surface area (Å²) in [5.41, 5.74) is 5.88. The summed E-state index contributed by atoms with van der Waals surface area (Å²) >= 11 is 1.44. The second-order valence-electron chi connectivity index (χ2n) is 8.31. The number of carbonyl (C=O) groups excluding carboxylic acids is 3. The van der Waals surface area contributed by atoms with E-state index in [1.807, 2.05) is 20.1 Å². The number of aliphatic carboxylic acids is 2. The predicted octanol–water partition coefficient (Wildman–Crippen LogP) is -0.217. The number of carboxylic acid groups (broad SMARTS) is 2. The van der Waals surface area contributed by atoms with Gasteiger partial charge in [-0.15, -0.1) is 0 Å². The van der Waals surface area contributed by atoms with Crippen LogP contribution in [0.5, 0.6) is 0 Å². The lowest BCUT2D eigenvalue weighted by Gasteiger charge is -2.25. The minimum Gasteiger partial charge on any atom is -0.481 e. The van der Waals surface area contributed by atoms with Crippen LogP contribution in [-0.2, 0) is 24.0 Å². The van der Waals surface area contributed by atoms with E-state index >= 15 is 0 Å². The summed E-state index contributed by atoms with van der Waals surface area (Å²) in [5.74, 6) is -4.62. The second-order valence-corrected chi connectivity index (χ2v) is 9.29. The molecule has 0 aliphatic carbocycles. The van der Waals surface area contributed by atoms with Crippen LogP contribution in [0.2, 0.25) is 0 Å². The number of nitrogens with two attached hydrogens (primary N) is 1. The molecule has 0 aliphatic rings. The number of rotatable bonds is 15. The van der Waals surface area contributed by atoms with Crippen molar-refractivity contribution < 1.29 is 34.2 Å². The largest absolute Gasteiger partial charge is 0.481 e. The van der Waals surface area contributed by atoms with Crippen molar-refractivity contribution in [3.63, 3.8) is 0 Å². The molecule has 0 radical (unpaired) electrons. The first kappa shape index (κ1) is 29.7. The van der Waals surface area contributed by atoms with E-state index in [-0.39, 0.29) is 12.3 Å². The Balaban J connectivity index is 5.46. The Labute approximate surface area is 192 Å². The van der Waals surface area contributed by atoms with E-state index in [0.717, 1.165) is 0 Å². The summed E-state index contributed by atoms with van der Waals surface area (Å²) in [4.78, 5) is 60.3. The van der Waals surface area contributed by atoms with Gasteiger partial charge in [-0.05, 0) is 36.7 Å². The van der Waals surface area contributed by atoms with Gasteiger partial charge in [0.05, 0.1) is 12.5 Å². The van der Waals surface area contributed by atoms with Crippen molar-refractivity contribution in [2.24, 2.45) is 17.6 Å². The summed E-state index contributed by atoms with van der Waals surface area (Å²) in [5, 5.41) is 25.6. The third-order valence-electron chi connectivity index (χ3n) is 4.55. The Hall–Kier alpha value is -2.34.